The Morgan fingerprint density at radius 2 is 0.257 bits per heavy atom. The summed E-state index contributed by atoms with van der Waals surface area (Å²) in [4.78, 5) is 6.42. The smallest absolute Gasteiger partial charge is 0.264 e. The topological polar surface area (TPSA) is 28.7 Å². The molecule has 0 aliphatic carbocycles. The molecule has 0 amide bonds. The Hall–Kier alpha value is -11.4. The van der Waals surface area contributed by atoms with Crippen molar-refractivity contribution < 1.29 is 184 Å². The third-order valence-corrected chi connectivity index (χ3v) is 16.4. The van der Waals surface area contributed by atoms with Crippen LogP contribution in [0.1, 0.15) is 0 Å². The molecule has 0 aliphatic heterocycles. The van der Waals surface area contributed by atoms with Crippen molar-refractivity contribution in [3.8, 4) is 0 Å². The van der Waals surface area contributed by atoms with Crippen LogP contribution in [-0.2, 0) is 0 Å². The zero-order chi connectivity index (χ0) is 81.3. The first-order chi connectivity index (χ1) is 50.7. The van der Waals surface area contributed by atoms with Crippen LogP contribution in [0.15, 0.2) is 18.7 Å². The Morgan fingerprint density at radius 3 is 0.349 bits per heavy atom. The van der Waals surface area contributed by atoms with Crippen LogP contribution in [0.2, 0.25) is 0 Å². The van der Waals surface area contributed by atoms with Gasteiger partial charge in [-0.05, 0) is 0 Å². The molecule has 0 saturated carbocycles. The van der Waals surface area contributed by atoms with Gasteiger partial charge in [0.25, 0.3) is 13.4 Å². The number of H-pyrrole nitrogens is 1. The number of benzene rings is 12. The Kier molecular flexibility index (Phi) is 19.8. The van der Waals surface area contributed by atoms with Crippen molar-refractivity contribution >= 4 is 111 Å². The summed E-state index contributed by atoms with van der Waals surface area (Å²) in [6.07, 6.45) is 5.08. The summed E-state index contributed by atoms with van der Waals surface area (Å²) in [6, 6.07) is 0. The molecule has 1 aromatic heterocycles. The summed E-state index contributed by atoms with van der Waals surface area (Å²) in [5.74, 6) is -130. The lowest BCUT2D eigenvalue weighted by Crippen LogP contribution is -2.60. The first-order valence-corrected chi connectivity index (χ1v) is 27.6. The van der Waals surface area contributed by atoms with Crippen molar-refractivity contribution in [2.24, 2.45) is 0 Å². The van der Waals surface area contributed by atoms with E-state index in [0.717, 1.165) is 0 Å². The van der Waals surface area contributed by atoms with E-state index in [4.69, 9.17) is 0 Å². The van der Waals surface area contributed by atoms with Crippen molar-refractivity contribution in [2.75, 3.05) is 0 Å². The number of hydrogen-bond acceptors (Lipinski definition) is 1. The van der Waals surface area contributed by atoms with Crippen LogP contribution < -0.4 is 32.8 Å². The van der Waals surface area contributed by atoms with E-state index in [9.17, 15) is 105 Å². The third-order valence-electron chi connectivity index (χ3n) is 16.4. The molecule has 0 spiro atoms. The monoisotopic (exact) mass is 1610 g/mol. The van der Waals surface area contributed by atoms with Crippen molar-refractivity contribution in [1.82, 2.24) is 9.97 Å². The zero-order valence-corrected chi connectivity index (χ0v) is 49.7. The van der Waals surface area contributed by atoms with Gasteiger partial charge in [0.2, 0.25) is 0 Å². The Morgan fingerprint density at radius 1 is 0.147 bits per heavy atom. The number of rotatable bonds is 6. The van der Waals surface area contributed by atoms with Gasteiger partial charge in [0.05, 0.1) is 71.0 Å². The predicted molar refractivity (Wildman–Crippen MR) is 290 cm³/mol. The number of aromatic amines is 1. The lowest BCUT2D eigenvalue weighted by atomic mass is 9.35. The molecule has 1 N–H and O–H groups in total. The second-order valence-electron chi connectivity index (χ2n) is 21.8. The highest BCUT2D eigenvalue weighted by Crippen LogP contribution is 2.41. The predicted octanol–water partition coefficient (Wildman–Crippen LogP) is 17.6. The summed E-state index contributed by atoms with van der Waals surface area (Å²) in [5, 5.41) is -31.1. The Labute approximate surface area is 567 Å². The van der Waals surface area contributed by atoms with Crippen LogP contribution in [0, 0.1) is 244 Å². The van der Waals surface area contributed by atoms with Gasteiger partial charge >= 0.3 is 0 Å². The number of aromatic nitrogens is 2. The maximum absolute atomic E-state index is 16.1. The summed E-state index contributed by atoms with van der Waals surface area (Å²) < 4.78 is 627. The molecule has 566 valence electrons. The number of fused-ring (bicyclic) bond motifs is 6. The molecule has 0 bridgehead atoms. The summed E-state index contributed by atoms with van der Waals surface area (Å²) in [7, 11) is 0. The molecule has 109 heavy (non-hydrogen) atoms. The van der Waals surface area contributed by atoms with Gasteiger partial charge in [-0.2, -0.15) is 0 Å². The molecule has 13 rings (SSSR count). The lowest BCUT2D eigenvalue weighted by molar-refractivity contribution is 0.412. The van der Waals surface area contributed by atoms with Gasteiger partial charge in [-0.1, -0.05) is 0 Å². The first-order valence-electron chi connectivity index (χ1n) is 27.6. The molecule has 0 fully saturated rings. The van der Waals surface area contributed by atoms with Gasteiger partial charge < -0.3 is 4.98 Å². The van der Waals surface area contributed by atoms with Crippen LogP contribution in [0.4, 0.5) is 184 Å². The summed E-state index contributed by atoms with van der Waals surface area (Å²) in [5.41, 5.74) is -17.8. The summed E-state index contributed by atoms with van der Waals surface area (Å²) in [6.45, 7) is -8.81. The van der Waals surface area contributed by atoms with E-state index in [0.29, 0.717) is 0 Å². The highest BCUT2D eigenvalue weighted by molar-refractivity contribution is 6.97. The zero-order valence-electron chi connectivity index (χ0n) is 49.7. The molecule has 1 heterocycles. The molecule has 12 aromatic carbocycles. The maximum atomic E-state index is 16.1. The number of imidazole rings is 1. The Bertz CT molecular complexity index is 5330. The van der Waals surface area contributed by atoms with E-state index in [1.165, 1.54) is 0 Å². The van der Waals surface area contributed by atoms with Crippen LogP contribution in [0.25, 0.3) is 64.6 Å². The molecular formula is C63H4B2F42N2. The summed E-state index contributed by atoms with van der Waals surface area (Å²) >= 11 is 0. The fourth-order valence-corrected chi connectivity index (χ4v) is 11.6. The number of nitrogens with zero attached hydrogens (tertiary/aromatic N) is 1. The fraction of sp³-hybridized carbons (Fsp3) is 0. The van der Waals surface area contributed by atoms with E-state index in [-0.39, 0.29) is 0 Å². The van der Waals surface area contributed by atoms with Gasteiger partial charge in [0.15, 0.2) is 209 Å². The van der Waals surface area contributed by atoms with Crippen molar-refractivity contribution in [2.45, 2.75) is 0 Å². The van der Waals surface area contributed by atoms with Crippen molar-refractivity contribution in [3.05, 3.63) is 263 Å². The van der Waals surface area contributed by atoms with Crippen molar-refractivity contribution in [1.29, 1.82) is 0 Å². The molecule has 0 saturated heterocycles. The molecule has 46 heteroatoms. The average Bonchev–Trinajstić information content (AvgIpc) is 0.890. The van der Waals surface area contributed by atoms with Crippen molar-refractivity contribution in [3.63, 3.8) is 0 Å². The molecule has 13 aromatic rings. The normalized spacial score (nSPS) is 11.8. The molecule has 0 aliphatic rings. The van der Waals surface area contributed by atoms with Crippen LogP contribution in [0.3, 0.4) is 0 Å². The molecule has 2 nitrogen and oxygen atoms in total. The molecule has 0 radical (unpaired) electrons. The van der Waals surface area contributed by atoms with Crippen LogP contribution in [-0.4, -0.2) is 23.4 Å². The van der Waals surface area contributed by atoms with Crippen LogP contribution >= 0.6 is 0 Å². The van der Waals surface area contributed by atoms with Gasteiger partial charge in [-0.15, -0.1) is 0 Å². The van der Waals surface area contributed by atoms with E-state index >= 15 is 79.0 Å². The standard InChI is InChI=1S/2C30BF21.C3H4N2/c2*32-10-1-4(19(41)28(50)25(47)16(1)38)13(35)22(44)7(10)31(8-11(33)2-5(14(36)23(8)45)20(42)29(51)26(48)17(2)39)9-12(34)3-6(15(37)24(9)46)21(43)30(52)27(49)18(3)40;1-2-5-3-4-1/h;;1-3H,(H,4,5). The Balaban J connectivity index is 0.000000203. The first kappa shape index (κ1) is 78.7. The van der Waals surface area contributed by atoms with Gasteiger partial charge in [-0.25, -0.2) is 189 Å². The molecular weight excluding hydrogens is 1600 g/mol. The van der Waals surface area contributed by atoms with Gasteiger partial charge in [-0.3, -0.25) is 0 Å². The highest BCUT2D eigenvalue weighted by atomic mass is 19.2. The second-order valence-corrected chi connectivity index (χ2v) is 21.8. The number of hydrogen-bond donors (Lipinski definition) is 1. The lowest BCUT2D eigenvalue weighted by Gasteiger charge is -2.23. The minimum absolute atomic E-state index is 1.62. The van der Waals surface area contributed by atoms with E-state index < -0.39 is 355 Å². The quantitative estimate of drug-likeness (QED) is 0.0764. The van der Waals surface area contributed by atoms with E-state index in [2.05, 4.69) is 9.97 Å². The minimum Gasteiger partial charge on any atom is -0.351 e. The second kappa shape index (κ2) is 27.4. The minimum atomic E-state index is -4.40. The molecule has 0 unspecified atom stereocenters. The largest absolute Gasteiger partial charge is 0.351 e. The number of nitrogens with one attached hydrogen (secondary N) is 1. The average molecular weight is 1610 g/mol. The number of halogens is 42. The van der Waals surface area contributed by atoms with E-state index in [1.807, 2.05) is 0 Å². The van der Waals surface area contributed by atoms with E-state index in [1.54, 1.807) is 18.7 Å². The van der Waals surface area contributed by atoms with Crippen LogP contribution in [0.5, 0.6) is 0 Å². The van der Waals surface area contributed by atoms with Gasteiger partial charge in [0, 0.05) is 45.2 Å². The fourth-order valence-electron chi connectivity index (χ4n) is 11.6. The highest BCUT2D eigenvalue weighted by Gasteiger charge is 2.49. The maximum Gasteiger partial charge on any atom is 0.264 e. The molecule has 0 atom stereocenters. The SMILES string of the molecule is Fc1c(F)c(F)c2c(F)c(B(c3c(F)c(F)c4c(F)c(F)c(F)c(F)c4c3F)c3c(F)c(F)c4c(F)c(F)c(F)c(F)c4c3F)c(F)c(F)c2c1F.Fc1c(F)c(F)c2c(F)c(B(c3c(F)c(F)c4c(F)c(F)c(F)c(F)c4c3F)c3c(F)c(F)c4c(F)c(F)c(F)c(F)c4c3F)c(F)c(F)c2c1F.c1c[nH]cn1. The van der Waals surface area contributed by atoms with Gasteiger partial charge in [0.1, 0.15) is 34.9 Å². The third kappa shape index (κ3) is 10.9.